The smallest absolute Gasteiger partial charge is 0.301 e. The van der Waals surface area contributed by atoms with Crippen LogP contribution in [0.2, 0.25) is 0 Å². The Morgan fingerprint density at radius 2 is 2.07 bits per heavy atom. The van der Waals surface area contributed by atoms with E-state index >= 15 is 0 Å². The van der Waals surface area contributed by atoms with E-state index in [0.717, 1.165) is 23.9 Å². The quantitative estimate of drug-likeness (QED) is 0.395. The number of hydrogen-bond acceptors (Lipinski definition) is 6. The average Bonchev–Trinajstić information content (AvgIpc) is 3.16. The van der Waals surface area contributed by atoms with Crippen molar-refractivity contribution in [2.24, 2.45) is 0 Å². The predicted molar refractivity (Wildman–Crippen MR) is 110 cm³/mol. The number of nitrogen functional groups attached to an aromatic ring is 1. The Hall–Kier alpha value is -3.60. The highest BCUT2D eigenvalue weighted by molar-refractivity contribution is 5.90. The van der Waals surface area contributed by atoms with Crippen molar-refractivity contribution < 1.29 is 9.66 Å². The molecule has 0 saturated heterocycles. The van der Waals surface area contributed by atoms with Gasteiger partial charge >= 0.3 is 5.69 Å². The molecule has 0 aliphatic heterocycles. The van der Waals surface area contributed by atoms with Gasteiger partial charge in [-0.2, -0.15) is 5.26 Å². The molecule has 29 heavy (non-hydrogen) atoms. The van der Waals surface area contributed by atoms with Gasteiger partial charge in [-0.3, -0.25) is 10.1 Å². The van der Waals surface area contributed by atoms with E-state index in [0.29, 0.717) is 17.2 Å². The number of nitro groups is 1. The molecule has 0 bridgehead atoms. The van der Waals surface area contributed by atoms with E-state index in [1.807, 2.05) is 30.6 Å². The second-order valence-corrected chi connectivity index (χ2v) is 7.28. The molecular weight excluding hydrogens is 370 g/mol. The average molecular weight is 391 g/mol. The zero-order chi connectivity index (χ0) is 20.5. The lowest BCUT2D eigenvalue weighted by Gasteiger charge is -2.23. The van der Waals surface area contributed by atoms with Gasteiger partial charge in [0, 0.05) is 6.04 Å². The number of methoxy groups -OCH3 is 1. The summed E-state index contributed by atoms with van der Waals surface area (Å²) in [5.74, 6) is 0.207. The third-order valence-corrected chi connectivity index (χ3v) is 5.67. The number of nitro benzene ring substituents is 1. The molecule has 1 heterocycles. The van der Waals surface area contributed by atoms with Gasteiger partial charge in [-0.15, -0.1) is 0 Å². The van der Waals surface area contributed by atoms with Crippen LogP contribution in [0.4, 0.5) is 11.4 Å². The van der Waals surface area contributed by atoms with E-state index in [4.69, 9.17) is 10.5 Å². The van der Waals surface area contributed by atoms with E-state index in [9.17, 15) is 15.4 Å². The Morgan fingerprint density at radius 3 is 2.72 bits per heavy atom. The molecule has 1 saturated carbocycles. The standard InChI is InChI=1S/C21H21N5O3/c1-29-19-10-15(21(26(27)28)20(23)16(19)11-22)13-7-8-18-17(9-13)24-12-25(18)14-5-3-2-4-6-14/h7-10,12,14H,2-6,23H2,1H3. The molecule has 0 unspecified atom stereocenters. The number of benzene rings is 2. The van der Waals surface area contributed by atoms with Crippen LogP contribution in [0.3, 0.4) is 0 Å². The molecule has 8 nitrogen and oxygen atoms in total. The zero-order valence-electron chi connectivity index (χ0n) is 16.1. The minimum Gasteiger partial charge on any atom is -0.495 e. The molecule has 1 fully saturated rings. The molecule has 0 amide bonds. The highest BCUT2D eigenvalue weighted by atomic mass is 16.6. The van der Waals surface area contributed by atoms with Crippen LogP contribution in [0.5, 0.6) is 5.75 Å². The number of nitrogens with two attached hydrogens (primary N) is 1. The SMILES string of the molecule is COc1cc(-c2ccc3c(c2)ncn3C2CCCCC2)c([N+](=O)[O-])c(N)c1C#N. The number of nitriles is 1. The van der Waals surface area contributed by atoms with Crippen LogP contribution >= 0.6 is 0 Å². The zero-order valence-corrected chi connectivity index (χ0v) is 16.1. The third-order valence-electron chi connectivity index (χ3n) is 5.67. The molecule has 148 valence electrons. The maximum Gasteiger partial charge on any atom is 0.301 e. The molecule has 0 spiro atoms. The van der Waals surface area contributed by atoms with Crippen molar-refractivity contribution in [3.05, 3.63) is 46.3 Å². The van der Waals surface area contributed by atoms with Crippen molar-refractivity contribution in [3.63, 3.8) is 0 Å². The van der Waals surface area contributed by atoms with Crippen molar-refractivity contribution in [2.75, 3.05) is 12.8 Å². The number of hydrogen-bond donors (Lipinski definition) is 1. The van der Waals surface area contributed by atoms with E-state index in [2.05, 4.69) is 9.55 Å². The maximum absolute atomic E-state index is 11.7. The summed E-state index contributed by atoms with van der Waals surface area (Å²) in [7, 11) is 1.40. The largest absolute Gasteiger partial charge is 0.495 e. The third kappa shape index (κ3) is 3.14. The van der Waals surface area contributed by atoms with Gasteiger partial charge < -0.3 is 15.0 Å². The van der Waals surface area contributed by atoms with E-state index < -0.39 is 4.92 Å². The summed E-state index contributed by atoms with van der Waals surface area (Å²) >= 11 is 0. The summed E-state index contributed by atoms with van der Waals surface area (Å²) in [6, 6.07) is 9.42. The normalized spacial score (nSPS) is 14.6. The summed E-state index contributed by atoms with van der Waals surface area (Å²) in [4.78, 5) is 15.7. The van der Waals surface area contributed by atoms with Gasteiger partial charge in [0.15, 0.2) is 0 Å². The van der Waals surface area contributed by atoms with Gasteiger partial charge in [-0.25, -0.2) is 4.98 Å². The molecule has 3 aromatic rings. The molecule has 8 heteroatoms. The second kappa shape index (κ2) is 7.43. The number of rotatable bonds is 4. The lowest BCUT2D eigenvalue weighted by Crippen LogP contribution is -2.11. The van der Waals surface area contributed by atoms with Crippen molar-refractivity contribution in [1.82, 2.24) is 9.55 Å². The molecule has 0 radical (unpaired) electrons. The van der Waals surface area contributed by atoms with Crippen LogP contribution in [-0.4, -0.2) is 21.6 Å². The molecule has 0 atom stereocenters. The lowest BCUT2D eigenvalue weighted by molar-refractivity contribution is -0.383. The minimum absolute atomic E-state index is 0.0365. The van der Waals surface area contributed by atoms with E-state index in [1.165, 1.54) is 32.4 Å². The van der Waals surface area contributed by atoms with Gasteiger partial charge in [0.05, 0.1) is 35.0 Å². The Balaban J connectivity index is 1.86. The van der Waals surface area contributed by atoms with Crippen LogP contribution in [0, 0.1) is 21.4 Å². The molecule has 2 N–H and O–H groups in total. The van der Waals surface area contributed by atoms with Gasteiger partial charge in [0.2, 0.25) is 0 Å². The first-order chi connectivity index (χ1) is 14.0. The van der Waals surface area contributed by atoms with Gasteiger partial charge in [-0.05, 0) is 36.6 Å². The molecule has 1 aliphatic rings. The summed E-state index contributed by atoms with van der Waals surface area (Å²) in [5.41, 5.74) is 8.12. The predicted octanol–water partition coefficient (Wildman–Crippen LogP) is 4.58. The topological polar surface area (TPSA) is 120 Å². The fourth-order valence-electron chi connectivity index (χ4n) is 4.21. The first-order valence-electron chi connectivity index (χ1n) is 9.57. The molecule has 2 aromatic carbocycles. The fourth-order valence-corrected chi connectivity index (χ4v) is 4.21. The second-order valence-electron chi connectivity index (χ2n) is 7.28. The number of aromatic nitrogens is 2. The molecule has 4 rings (SSSR count). The summed E-state index contributed by atoms with van der Waals surface area (Å²) < 4.78 is 7.45. The molecule has 1 aromatic heterocycles. The van der Waals surface area contributed by atoms with E-state index in [-0.39, 0.29) is 22.7 Å². The van der Waals surface area contributed by atoms with Crippen molar-refractivity contribution >= 4 is 22.4 Å². The van der Waals surface area contributed by atoms with Crippen LogP contribution in [0.1, 0.15) is 43.7 Å². The molecular formula is C21H21N5O3. The number of ether oxygens (including phenoxy) is 1. The highest BCUT2D eigenvalue weighted by Crippen LogP contribution is 2.42. The van der Waals surface area contributed by atoms with Crippen LogP contribution in [-0.2, 0) is 0 Å². The fraction of sp³-hybridized carbons (Fsp3) is 0.333. The number of imidazole rings is 1. The Morgan fingerprint density at radius 1 is 1.31 bits per heavy atom. The number of anilines is 1. The highest BCUT2D eigenvalue weighted by Gasteiger charge is 2.27. The van der Waals surface area contributed by atoms with Gasteiger partial charge in [0.25, 0.3) is 0 Å². The number of nitrogens with zero attached hydrogens (tertiary/aromatic N) is 4. The summed E-state index contributed by atoms with van der Waals surface area (Å²) in [5, 5.41) is 21.0. The van der Waals surface area contributed by atoms with Crippen LogP contribution in [0.15, 0.2) is 30.6 Å². The Kier molecular flexibility index (Phi) is 4.80. The molecule has 1 aliphatic carbocycles. The van der Waals surface area contributed by atoms with Crippen molar-refractivity contribution in [1.29, 1.82) is 5.26 Å². The van der Waals surface area contributed by atoms with Crippen molar-refractivity contribution in [3.8, 4) is 22.9 Å². The van der Waals surface area contributed by atoms with Gasteiger partial charge in [-0.1, -0.05) is 25.3 Å². The van der Waals surface area contributed by atoms with E-state index in [1.54, 1.807) is 0 Å². The summed E-state index contributed by atoms with van der Waals surface area (Å²) in [6.45, 7) is 0. The summed E-state index contributed by atoms with van der Waals surface area (Å²) in [6.07, 6.45) is 7.85. The first-order valence-corrected chi connectivity index (χ1v) is 9.57. The van der Waals surface area contributed by atoms with Gasteiger partial charge in [0.1, 0.15) is 23.1 Å². The first kappa shape index (κ1) is 18.7. The number of fused-ring (bicyclic) bond motifs is 1. The van der Waals surface area contributed by atoms with Crippen LogP contribution < -0.4 is 10.5 Å². The Labute approximate surface area is 167 Å². The van der Waals surface area contributed by atoms with Crippen LogP contribution in [0.25, 0.3) is 22.2 Å². The lowest BCUT2D eigenvalue weighted by atomic mass is 9.95. The van der Waals surface area contributed by atoms with Crippen molar-refractivity contribution in [2.45, 2.75) is 38.1 Å². The minimum atomic E-state index is -0.560. The monoisotopic (exact) mass is 391 g/mol. The maximum atomic E-state index is 11.7. The Bertz CT molecular complexity index is 1140.